The number of carbonyl (C=O) groups excluding carboxylic acids is 1. The molecule has 0 aliphatic carbocycles. The van der Waals surface area contributed by atoms with Crippen LogP contribution >= 0.6 is 7.82 Å². The zero-order chi connectivity index (χ0) is 21.6. The van der Waals surface area contributed by atoms with Crippen molar-refractivity contribution in [1.29, 1.82) is 0 Å². The van der Waals surface area contributed by atoms with E-state index in [9.17, 15) is 24.4 Å². The minimum Gasteiger partial charge on any atom is -0.395 e. The summed E-state index contributed by atoms with van der Waals surface area (Å²) >= 11 is 0. The van der Waals surface area contributed by atoms with Crippen LogP contribution in [0.25, 0.3) is 0 Å². The molecule has 0 bridgehead atoms. The average Bonchev–Trinajstić information content (AvgIpc) is 2.73. The van der Waals surface area contributed by atoms with Crippen LogP contribution in [0.4, 0.5) is 5.69 Å². The first-order valence-electron chi connectivity index (χ1n) is 8.96. The fourth-order valence-corrected chi connectivity index (χ4v) is 3.49. The highest BCUT2D eigenvalue weighted by Crippen LogP contribution is 2.44. The molecule has 0 fully saturated rings. The lowest BCUT2D eigenvalue weighted by Gasteiger charge is -2.14. The zero-order valence-electron chi connectivity index (χ0n) is 15.7. The number of phosphoric acid groups is 1. The molecule has 1 N–H and O–H groups in total. The lowest BCUT2D eigenvalue weighted by atomic mass is 10.0. The van der Waals surface area contributed by atoms with Crippen LogP contribution in [0.15, 0.2) is 78.9 Å². The van der Waals surface area contributed by atoms with Gasteiger partial charge in [-0.25, -0.2) is 4.57 Å². The van der Waals surface area contributed by atoms with Crippen molar-refractivity contribution < 1.29 is 28.2 Å². The summed E-state index contributed by atoms with van der Waals surface area (Å²) in [5, 5.41) is 10.8. The van der Waals surface area contributed by atoms with Gasteiger partial charge in [0.2, 0.25) is 0 Å². The number of hydrogen-bond acceptors (Lipinski definition) is 6. The zero-order valence-corrected chi connectivity index (χ0v) is 16.6. The highest BCUT2D eigenvalue weighted by molar-refractivity contribution is 7.48. The molecule has 0 aliphatic rings. The Balaban J connectivity index is 1.58. The van der Waals surface area contributed by atoms with Crippen molar-refractivity contribution in [2.24, 2.45) is 0 Å². The largest absolute Gasteiger partial charge is 0.584 e. The maximum atomic E-state index is 12.2. The van der Waals surface area contributed by atoms with Gasteiger partial charge in [-0.3, -0.25) is 19.8 Å². The van der Waals surface area contributed by atoms with Crippen LogP contribution in [0.1, 0.15) is 22.3 Å². The second-order valence-electron chi connectivity index (χ2n) is 6.34. The molecular weight excluding hydrogens is 409 g/mol. The van der Waals surface area contributed by atoms with E-state index in [0.717, 1.165) is 11.6 Å². The molecular formula is C21H18NO7P. The maximum Gasteiger partial charge on any atom is 0.584 e. The molecule has 1 atom stereocenters. The highest BCUT2D eigenvalue weighted by Gasteiger charge is 2.26. The minimum atomic E-state index is -4.55. The quantitative estimate of drug-likeness (QED) is 0.222. The molecule has 154 valence electrons. The second kappa shape index (κ2) is 9.35. The summed E-state index contributed by atoms with van der Waals surface area (Å²) in [5.74, 6) is -0.0448. The minimum absolute atomic E-state index is 0.0288. The third-order valence-electron chi connectivity index (χ3n) is 4.13. The van der Waals surface area contributed by atoms with E-state index < -0.39 is 12.7 Å². The van der Waals surface area contributed by atoms with Crippen molar-refractivity contribution in [3.8, 4) is 11.5 Å². The first-order valence-corrected chi connectivity index (χ1v) is 10.5. The third-order valence-corrected chi connectivity index (χ3v) is 5.01. The molecule has 3 rings (SSSR count). The molecule has 9 heteroatoms. The smallest absolute Gasteiger partial charge is 0.395 e. The van der Waals surface area contributed by atoms with Gasteiger partial charge in [-0.2, -0.15) is 0 Å². The van der Waals surface area contributed by atoms with Gasteiger partial charge >= 0.3 is 7.82 Å². The topological polar surface area (TPSA) is 116 Å². The number of nitro groups is 1. The van der Waals surface area contributed by atoms with Gasteiger partial charge in [0.05, 0.1) is 11.0 Å². The number of aryl methyl sites for hydroxylation is 1. The first kappa shape index (κ1) is 21.2. The fraction of sp³-hybridized carbons (Fsp3) is 0.0952. The number of nitrogens with zero attached hydrogens (tertiary/aromatic N) is 1. The number of non-ortho nitro benzene ring substituents is 1. The number of benzene rings is 3. The van der Waals surface area contributed by atoms with Crippen molar-refractivity contribution >= 4 is 19.3 Å². The van der Waals surface area contributed by atoms with Crippen molar-refractivity contribution in [3.63, 3.8) is 0 Å². The normalized spacial score (nSPS) is 12.6. The van der Waals surface area contributed by atoms with Crippen LogP contribution < -0.4 is 9.05 Å². The summed E-state index contributed by atoms with van der Waals surface area (Å²) < 4.78 is 22.1. The molecule has 3 aromatic carbocycles. The summed E-state index contributed by atoms with van der Waals surface area (Å²) in [7, 11) is -4.55. The Bertz CT molecular complexity index is 1080. The van der Waals surface area contributed by atoms with E-state index in [0.29, 0.717) is 18.4 Å². The van der Waals surface area contributed by atoms with Gasteiger partial charge in [-0.15, -0.1) is 0 Å². The Kier molecular flexibility index (Phi) is 6.61. The number of rotatable bonds is 9. The SMILES string of the molecule is O=C(CCc1ccc(OP(=O)(O)Oc2cccc([N+](=O)[O-])c2)cc1)c1ccccc1. The monoisotopic (exact) mass is 427 g/mol. The van der Waals surface area contributed by atoms with E-state index in [2.05, 4.69) is 0 Å². The summed E-state index contributed by atoms with van der Waals surface area (Å²) in [5.41, 5.74) is 1.23. The van der Waals surface area contributed by atoms with Crippen molar-refractivity contribution in [2.75, 3.05) is 0 Å². The van der Waals surface area contributed by atoms with E-state index in [1.54, 1.807) is 24.3 Å². The molecule has 0 saturated carbocycles. The molecule has 1 unspecified atom stereocenters. The van der Waals surface area contributed by atoms with Crippen LogP contribution in [0.2, 0.25) is 0 Å². The molecule has 0 aliphatic heterocycles. The van der Waals surface area contributed by atoms with Gasteiger partial charge in [0, 0.05) is 18.1 Å². The van der Waals surface area contributed by atoms with Crippen LogP contribution in [0, 0.1) is 10.1 Å². The number of hydrogen-bond donors (Lipinski definition) is 1. The average molecular weight is 427 g/mol. The van der Waals surface area contributed by atoms with E-state index >= 15 is 0 Å². The Labute approximate surface area is 172 Å². The number of nitro benzene ring substituents is 1. The molecule has 0 saturated heterocycles. The Morgan fingerprint density at radius 1 is 0.933 bits per heavy atom. The number of phosphoric ester groups is 1. The van der Waals surface area contributed by atoms with Gasteiger partial charge in [0.1, 0.15) is 11.5 Å². The molecule has 0 heterocycles. The van der Waals surface area contributed by atoms with E-state index in [4.69, 9.17) is 9.05 Å². The first-order chi connectivity index (χ1) is 14.3. The Hall–Kier alpha value is -3.48. The predicted molar refractivity (Wildman–Crippen MR) is 110 cm³/mol. The predicted octanol–water partition coefficient (Wildman–Crippen LogP) is 4.97. The van der Waals surface area contributed by atoms with Crippen molar-refractivity contribution in [3.05, 3.63) is 100 Å². The highest BCUT2D eigenvalue weighted by atomic mass is 31.2. The van der Waals surface area contributed by atoms with Gasteiger partial charge in [0.15, 0.2) is 5.78 Å². The van der Waals surface area contributed by atoms with Gasteiger partial charge in [0.25, 0.3) is 5.69 Å². The number of carbonyl (C=O) groups is 1. The van der Waals surface area contributed by atoms with Crippen LogP contribution in [0.5, 0.6) is 11.5 Å². The summed E-state index contributed by atoms with van der Waals surface area (Å²) in [6, 6.07) is 20.2. The molecule has 8 nitrogen and oxygen atoms in total. The molecule has 0 amide bonds. The fourth-order valence-electron chi connectivity index (χ4n) is 2.68. The molecule has 30 heavy (non-hydrogen) atoms. The molecule has 0 aromatic heterocycles. The van der Waals surface area contributed by atoms with Crippen LogP contribution in [-0.2, 0) is 11.0 Å². The van der Waals surface area contributed by atoms with Crippen LogP contribution in [-0.4, -0.2) is 15.6 Å². The van der Waals surface area contributed by atoms with E-state index in [-0.39, 0.29) is 23.0 Å². The van der Waals surface area contributed by atoms with Gasteiger partial charge in [-0.1, -0.05) is 48.5 Å². The Morgan fingerprint density at radius 3 is 2.27 bits per heavy atom. The lowest BCUT2D eigenvalue weighted by molar-refractivity contribution is -0.384. The van der Waals surface area contributed by atoms with Gasteiger partial charge < -0.3 is 9.05 Å². The summed E-state index contributed by atoms with van der Waals surface area (Å²) in [4.78, 5) is 32.2. The maximum absolute atomic E-state index is 12.2. The molecule has 3 aromatic rings. The van der Waals surface area contributed by atoms with Gasteiger partial charge in [-0.05, 0) is 30.2 Å². The van der Waals surface area contributed by atoms with E-state index in [1.807, 2.05) is 18.2 Å². The molecule has 0 spiro atoms. The van der Waals surface area contributed by atoms with Crippen molar-refractivity contribution in [1.82, 2.24) is 0 Å². The summed E-state index contributed by atoms with van der Waals surface area (Å²) in [6.07, 6.45) is 0.841. The number of ketones is 1. The Morgan fingerprint density at radius 2 is 1.60 bits per heavy atom. The number of Topliss-reactive ketones (excluding diaryl/α,β-unsaturated/α-hetero) is 1. The summed E-state index contributed by atoms with van der Waals surface area (Å²) in [6.45, 7) is 0. The second-order valence-corrected chi connectivity index (χ2v) is 7.64. The third kappa shape index (κ3) is 6.01. The lowest BCUT2D eigenvalue weighted by Crippen LogP contribution is -2.02. The van der Waals surface area contributed by atoms with Crippen LogP contribution in [0.3, 0.4) is 0 Å². The van der Waals surface area contributed by atoms with E-state index in [1.165, 1.54) is 30.3 Å². The van der Waals surface area contributed by atoms with Crippen molar-refractivity contribution in [2.45, 2.75) is 12.8 Å². The standard InChI is InChI=1S/C21H18NO7P/c23-21(17-5-2-1-3-6-17)14-11-16-9-12-19(13-10-16)28-30(26,27)29-20-8-4-7-18(15-20)22(24)25/h1-10,12-13,15H,11,14H2,(H,26,27). The molecule has 0 radical (unpaired) electrons.